The van der Waals surface area contributed by atoms with Crippen LogP contribution in [0, 0.1) is 6.92 Å². The van der Waals surface area contributed by atoms with Crippen LogP contribution in [0.5, 0.6) is 5.75 Å². The van der Waals surface area contributed by atoms with E-state index in [2.05, 4.69) is 21.6 Å². The zero-order valence-electron chi connectivity index (χ0n) is 18.5. The molecule has 0 radical (unpaired) electrons. The van der Waals surface area contributed by atoms with Crippen LogP contribution in [0.25, 0.3) is 0 Å². The third-order valence-corrected chi connectivity index (χ3v) is 6.12. The molecule has 1 heterocycles. The molecule has 0 saturated carbocycles. The number of nitrogens with zero attached hydrogens (tertiary/aromatic N) is 2. The van der Waals surface area contributed by atoms with Crippen LogP contribution in [0.1, 0.15) is 17.0 Å². The minimum atomic E-state index is -3.45. The van der Waals surface area contributed by atoms with Gasteiger partial charge in [0.2, 0.25) is 15.9 Å². The number of carbonyl (C=O) groups excluding carboxylic acids is 1. The second kappa shape index (κ2) is 10.5. The molecule has 0 spiro atoms. The van der Waals surface area contributed by atoms with Crippen molar-refractivity contribution in [3.63, 3.8) is 0 Å². The number of anilines is 2. The second-order valence-corrected chi connectivity index (χ2v) is 9.99. The summed E-state index contributed by atoms with van der Waals surface area (Å²) in [6.45, 7) is 5.38. The van der Waals surface area contributed by atoms with E-state index in [1.807, 2.05) is 37.3 Å². The molecule has 33 heavy (non-hydrogen) atoms. The van der Waals surface area contributed by atoms with E-state index in [-0.39, 0.29) is 5.91 Å². The highest BCUT2D eigenvalue weighted by Crippen LogP contribution is 2.30. The molecule has 0 aliphatic rings. The Labute approximate surface area is 197 Å². The summed E-state index contributed by atoms with van der Waals surface area (Å²) in [6, 6.07) is 12.7. The molecule has 2 aromatic carbocycles. The highest BCUT2D eigenvalue weighted by molar-refractivity contribution is 7.99. The minimum Gasteiger partial charge on any atom is -0.495 e. The number of ether oxygens (including phenoxy) is 1. The average molecular weight is 485 g/mol. The Morgan fingerprint density at radius 2 is 1.94 bits per heavy atom. The van der Waals surface area contributed by atoms with Gasteiger partial charge in [-0.25, -0.2) is 18.4 Å². The highest BCUT2D eigenvalue weighted by Gasteiger charge is 2.12. The predicted octanol–water partition coefficient (Wildman–Crippen LogP) is 4.03. The van der Waals surface area contributed by atoms with E-state index in [0.717, 1.165) is 27.3 Å². The van der Waals surface area contributed by atoms with Gasteiger partial charge >= 0.3 is 0 Å². The van der Waals surface area contributed by atoms with Gasteiger partial charge in [-0.3, -0.25) is 9.52 Å². The van der Waals surface area contributed by atoms with Crippen molar-refractivity contribution in [2.24, 2.45) is 0 Å². The fourth-order valence-electron chi connectivity index (χ4n) is 2.89. The Morgan fingerprint density at radius 3 is 2.58 bits per heavy atom. The summed E-state index contributed by atoms with van der Waals surface area (Å²) >= 11 is 1.49. The van der Waals surface area contributed by atoms with Gasteiger partial charge in [0.1, 0.15) is 16.6 Å². The van der Waals surface area contributed by atoms with Crippen molar-refractivity contribution in [1.29, 1.82) is 0 Å². The summed E-state index contributed by atoms with van der Waals surface area (Å²) in [4.78, 5) is 21.5. The number of benzene rings is 2. The maximum absolute atomic E-state index is 11.7. The first-order valence-electron chi connectivity index (χ1n) is 9.85. The lowest BCUT2D eigenvalue weighted by Crippen LogP contribution is -2.11. The van der Waals surface area contributed by atoms with Crippen LogP contribution < -0.4 is 14.8 Å². The summed E-state index contributed by atoms with van der Waals surface area (Å²) in [6.07, 6.45) is 4.49. The van der Waals surface area contributed by atoms with E-state index in [0.29, 0.717) is 29.4 Å². The second-order valence-electron chi connectivity index (χ2n) is 7.18. The smallest absolute Gasteiger partial charge is 0.247 e. The maximum Gasteiger partial charge on any atom is 0.247 e. The highest BCUT2D eigenvalue weighted by atomic mass is 32.2. The molecule has 1 amide bonds. The lowest BCUT2D eigenvalue weighted by Gasteiger charge is -2.12. The van der Waals surface area contributed by atoms with Gasteiger partial charge in [-0.1, -0.05) is 24.4 Å². The van der Waals surface area contributed by atoms with Crippen LogP contribution in [0.2, 0.25) is 0 Å². The molecule has 0 aliphatic carbocycles. The number of hydrogen-bond donors (Lipinski definition) is 2. The number of aryl methyl sites for hydroxylation is 1. The van der Waals surface area contributed by atoms with Gasteiger partial charge in [-0.2, -0.15) is 0 Å². The molecule has 1 aromatic heterocycles. The first kappa shape index (κ1) is 24.3. The van der Waals surface area contributed by atoms with Gasteiger partial charge in [0.15, 0.2) is 0 Å². The van der Waals surface area contributed by atoms with E-state index in [4.69, 9.17) is 9.72 Å². The Kier molecular flexibility index (Phi) is 7.72. The molecule has 3 rings (SSSR count). The van der Waals surface area contributed by atoms with Crippen molar-refractivity contribution < 1.29 is 17.9 Å². The van der Waals surface area contributed by atoms with Crippen molar-refractivity contribution in [3.05, 3.63) is 78.3 Å². The third-order valence-electron chi connectivity index (χ3n) is 4.42. The van der Waals surface area contributed by atoms with E-state index in [1.54, 1.807) is 18.3 Å². The maximum atomic E-state index is 11.7. The predicted molar refractivity (Wildman–Crippen MR) is 130 cm³/mol. The number of hydrogen-bond acceptors (Lipinski definition) is 7. The standard InChI is InChI=1S/C23H24N4O4S2/c1-5-22(28)25-17-7-9-18(10-8-17)32-23-15(2)14-24-21(26-23)13-16-6-11-20(31-3)19(12-16)27-33(4,29)30/h5-12,14,27H,1,13H2,2-4H3,(H,25,28). The fourth-order valence-corrected chi connectivity index (χ4v) is 4.31. The van der Waals surface area contributed by atoms with Crippen molar-refractivity contribution >= 4 is 39.1 Å². The third kappa shape index (κ3) is 7.06. The lowest BCUT2D eigenvalue weighted by atomic mass is 10.1. The number of nitrogens with one attached hydrogen (secondary N) is 2. The fraction of sp³-hybridized carbons (Fsp3) is 0.174. The molecule has 3 aromatic rings. The van der Waals surface area contributed by atoms with E-state index < -0.39 is 10.0 Å². The van der Waals surface area contributed by atoms with Crippen LogP contribution in [-0.2, 0) is 21.2 Å². The van der Waals surface area contributed by atoms with E-state index in [1.165, 1.54) is 24.9 Å². The van der Waals surface area contributed by atoms with Crippen molar-refractivity contribution in [3.8, 4) is 5.75 Å². The normalized spacial score (nSPS) is 11.0. The van der Waals surface area contributed by atoms with Crippen LogP contribution >= 0.6 is 11.8 Å². The zero-order valence-corrected chi connectivity index (χ0v) is 20.1. The Morgan fingerprint density at radius 1 is 1.21 bits per heavy atom. The van der Waals surface area contributed by atoms with Crippen LogP contribution in [0.15, 0.2) is 71.2 Å². The van der Waals surface area contributed by atoms with E-state index >= 15 is 0 Å². The molecule has 0 atom stereocenters. The van der Waals surface area contributed by atoms with Crippen LogP contribution in [0.4, 0.5) is 11.4 Å². The Bertz CT molecular complexity index is 1280. The molecule has 0 aliphatic heterocycles. The Hall–Kier alpha value is -3.37. The van der Waals surface area contributed by atoms with Gasteiger partial charge in [-0.05, 0) is 60.5 Å². The monoisotopic (exact) mass is 484 g/mol. The summed E-state index contributed by atoms with van der Waals surface area (Å²) in [5, 5.41) is 3.52. The van der Waals surface area contributed by atoms with Gasteiger partial charge in [0, 0.05) is 23.2 Å². The number of rotatable bonds is 9. The summed E-state index contributed by atoms with van der Waals surface area (Å²) < 4.78 is 31.0. The number of methoxy groups -OCH3 is 1. The lowest BCUT2D eigenvalue weighted by molar-refractivity contribution is -0.111. The molecule has 172 valence electrons. The van der Waals surface area contributed by atoms with Crippen LogP contribution in [0.3, 0.4) is 0 Å². The molecule has 10 heteroatoms. The topological polar surface area (TPSA) is 110 Å². The summed E-state index contributed by atoms with van der Waals surface area (Å²) in [7, 11) is -1.97. The minimum absolute atomic E-state index is 0.264. The molecule has 8 nitrogen and oxygen atoms in total. The average Bonchev–Trinajstić information content (AvgIpc) is 2.76. The zero-order chi connectivity index (χ0) is 24.0. The van der Waals surface area contributed by atoms with Crippen molar-refractivity contribution in [1.82, 2.24) is 9.97 Å². The molecule has 0 unspecified atom stereocenters. The number of carbonyl (C=O) groups is 1. The summed E-state index contributed by atoms with van der Waals surface area (Å²) in [5.74, 6) is 0.770. The van der Waals surface area contributed by atoms with Gasteiger partial charge in [0.05, 0.1) is 19.1 Å². The van der Waals surface area contributed by atoms with Gasteiger partial charge in [-0.15, -0.1) is 0 Å². The number of aromatic nitrogens is 2. The van der Waals surface area contributed by atoms with Crippen LogP contribution in [-0.4, -0.2) is 37.7 Å². The van der Waals surface area contributed by atoms with Crippen molar-refractivity contribution in [2.45, 2.75) is 23.3 Å². The largest absolute Gasteiger partial charge is 0.495 e. The molecular formula is C23H24N4O4S2. The number of amides is 1. The molecule has 0 fully saturated rings. The molecular weight excluding hydrogens is 460 g/mol. The van der Waals surface area contributed by atoms with Crippen molar-refractivity contribution in [2.75, 3.05) is 23.4 Å². The van der Waals surface area contributed by atoms with E-state index in [9.17, 15) is 13.2 Å². The first-order chi connectivity index (χ1) is 15.7. The SMILES string of the molecule is C=CC(=O)Nc1ccc(Sc2nc(Cc3ccc(OC)c(NS(C)(=O)=O)c3)ncc2C)cc1. The Balaban J connectivity index is 1.78. The van der Waals surface area contributed by atoms with Gasteiger partial charge < -0.3 is 10.1 Å². The first-order valence-corrected chi connectivity index (χ1v) is 12.6. The van der Waals surface area contributed by atoms with Gasteiger partial charge in [0.25, 0.3) is 0 Å². The quantitative estimate of drug-likeness (QED) is 0.348. The molecule has 0 saturated heterocycles. The summed E-state index contributed by atoms with van der Waals surface area (Å²) in [5.41, 5.74) is 2.82. The molecule has 2 N–H and O–H groups in total. The molecule has 0 bridgehead atoms. The number of sulfonamides is 1.